The summed E-state index contributed by atoms with van der Waals surface area (Å²) in [5.41, 5.74) is 13.4. The molecule has 3 rings (SSSR count). The number of halogens is 2. The molecule has 3 aromatic rings. The molecule has 1 aromatic carbocycles. The highest BCUT2D eigenvalue weighted by Crippen LogP contribution is 2.34. The molecule has 0 spiro atoms. The van der Waals surface area contributed by atoms with Crippen LogP contribution in [0.15, 0.2) is 24.8 Å². The first-order valence-electron chi connectivity index (χ1n) is 8.38. The maximum atomic E-state index is 8.99. The van der Waals surface area contributed by atoms with Crippen LogP contribution in [-0.2, 0) is 6.54 Å². The number of fused-ring (bicyclic) bond motifs is 1. The monoisotopic (exact) mass is 410 g/mol. The van der Waals surface area contributed by atoms with E-state index in [-0.39, 0.29) is 12.6 Å². The molecule has 5 N–H and O–H groups in total. The van der Waals surface area contributed by atoms with E-state index in [1.807, 2.05) is 0 Å². The number of rotatable bonds is 8. The quantitative estimate of drug-likeness (QED) is 0.486. The number of benzene rings is 1. The van der Waals surface area contributed by atoms with E-state index in [0.29, 0.717) is 64.3 Å². The number of aliphatic hydroxyl groups is 1. The minimum absolute atomic E-state index is 0.0449. The van der Waals surface area contributed by atoms with Gasteiger partial charge in [0.15, 0.2) is 11.5 Å². The maximum Gasteiger partial charge on any atom is 0.165 e. The second-order valence-corrected chi connectivity index (χ2v) is 6.86. The summed E-state index contributed by atoms with van der Waals surface area (Å²) >= 11 is 12.6. The first kappa shape index (κ1) is 19.6. The summed E-state index contributed by atoms with van der Waals surface area (Å²) in [5, 5.41) is 9.82. The summed E-state index contributed by atoms with van der Waals surface area (Å²) in [4.78, 5) is 12.4. The molecule has 0 bridgehead atoms. The first-order chi connectivity index (χ1) is 13.0. The number of aromatic nitrogens is 4. The molecule has 0 saturated heterocycles. The summed E-state index contributed by atoms with van der Waals surface area (Å²) in [5.74, 6) is 0.929. The molecule has 0 aliphatic rings. The predicted molar refractivity (Wildman–Crippen MR) is 105 cm³/mol. The number of ether oxygens (including phenoxy) is 1. The molecule has 1 unspecified atom stereocenters. The molecule has 0 saturated carbocycles. The Balaban J connectivity index is 1.83. The molecule has 0 fully saturated rings. The van der Waals surface area contributed by atoms with Crippen molar-refractivity contribution in [2.24, 2.45) is 5.73 Å². The summed E-state index contributed by atoms with van der Waals surface area (Å²) in [6.07, 6.45) is 4.38. The van der Waals surface area contributed by atoms with Crippen molar-refractivity contribution >= 4 is 40.2 Å². The predicted octanol–water partition coefficient (Wildman–Crippen LogP) is 2.24. The summed E-state index contributed by atoms with van der Waals surface area (Å²) < 4.78 is 7.69. The fourth-order valence-corrected chi connectivity index (χ4v) is 3.05. The van der Waals surface area contributed by atoms with Gasteiger partial charge in [0.2, 0.25) is 0 Å². The van der Waals surface area contributed by atoms with E-state index < -0.39 is 0 Å². The first-order valence-corrected chi connectivity index (χ1v) is 9.14. The number of nitrogen functional groups attached to an aromatic ring is 1. The number of hydrogen-bond donors (Lipinski definition) is 3. The van der Waals surface area contributed by atoms with Crippen LogP contribution in [0.3, 0.4) is 0 Å². The van der Waals surface area contributed by atoms with Crippen LogP contribution in [0.25, 0.3) is 11.2 Å². The molecule has 10 heteroatoms. The molecule has 8 nitrogen and oxygen atoms in total. The Labute approximate surface area is 166 Å². The summed E-state index contributed by atoms with van der Waals surface area (Å²) in [6.45, 7) is 0.757. The molecule has 2 heterocycles. The van der Waals surface area contributed by atoms with Gasteiger partial charge in [0, 0.05) is 11.6 Å². The van der Waals surface area contributed by atoms with Gasteiger partial charge in [-0.25, -0.2) is 15.0 Å². The van der Waals surface area contributed by atoms with Crippen LogP contribution in [-0.4, -0.2) is 43.9 Å². The Morgan fingerprint density at radius 2 is 2.04 bits per heavy atom. The summed E-state index contributed by atoms with van der Waals surface area (Å²) in [6, 6.07) is 3.22. The van der Waals surface area contributed by atoms with Gasteiger partial charge < -0.3 is 25.9 Å². The highest BCUT2D eigenvalue weighted by Gasteiger charge is 2.16. The van der Waals surface area contributed by atoms with Crippen molar-refractivity contribution in [2.75, 3.05) is 18.9 Å². The maximum absolute atomic E-state index is 8.99. The van der Waals surface area contributed by atoms with Crippen LogP contribution < -0.4 is 16.2 Å². The van der Waals surface area contributed by atoms with E-state index in [0.717, 1.165) is 0 Å². The molecule has 0 aliphatic heterocycles. The largest absolute Gasteiger partial charge is 0.493 e. The molecular formula is C17H20Cl2N6O2. The lowest BCUT2D eigenvalue weighted by molar-refractivity contribution is 0.243. The Hall–Kier alpha value is -2.13. The molecular weight excluding hydrogens is 391 g/mol. The lowest BCUT2D eigenvalue weighted by atomic mass is 10.2. The van der Waals surface area contributed by atoms with Crippen molar-refractivity contribution in [3.63, 3.8) is 0 Å². The average molecular weight is 411 g/mol. The van der Waals surface area contributed by atoms with Crippen LogP contribution in [0.1, 0.15) is 18.4 Å². The van der Waals surface area contributed by atoms with E-state index >= 15 is 0 Å². The fourth-order valence-electron chi connectivity index (χ4n) is 2.66. The number of aliphatic hydroxyl groups excluding tert-OH is 1. The Kier molecular flexibility index (Phi) is 6.33. The van der Waals surface area contributed by atoms with E-state index in [1.54, 1.807) is 23.0 Å². The van der Waals surface area contributed by atoms with Gasteiger partial charge in [0.1, 0.15) is 17.6 Å². The average Bonchev–Trinajstić information content (AvgIpc) is 3.08. The SMILES string of the molecule is Nc1ncnc2c1ncn2Cc1c(OCCCC(N)CO)ccc(Cl)c1Cl. The lowest BCUT2D eigenvalue weighted by Gasteiger charge is -2.15. The third kappa shape index (κ3) is 4.41. The van der Waals surface area contributed by atoms with Gasteiger partial charge in [-0.2, -0.15) is 0 Å². The molecule has 0 aliphatic carbocycles. The zero-order valence-corrected chi connectivity index (χ0v) is 16.0. The second kappa shape index (κ2) is 8.71. The van der Waals surface area contributed by atoms with Gasteiger partial charge >= 0.3 is 0 Å². The minimum atomic E-state index is -0.246. The molecule has 1 atom stereocenters. The van der Waals surface area contributed by atoms with Crippen molar-refractivity contribution in [3.05, 3.63) is 40.4 Å². The number of hydrogen-bond acceptors (Lipinski definition) is 7. The van der Waals surface area contributed by atoms with Crippen molar-refractivity contribution in [3.8, 4) is 5.75 Å². The molecule has 0 radical (unpaired) electrons. The number of imidazole rings is 1. The number of anilines is 1. The summed E-state index contributed by atoms with van der Waals surface area (Å²) in [7, 11) is 0. The van der Waals surface area contributed by atoms with E-state index in [2.05, 4.69) is 15.0 Å². The third-order valence-corrected chi connectivity index (χ3v) is 4.97. The van der Waals surface area contributed by atoms with Crippen LogP contribution in [0, 0.1) is 0 Å². The topological polar surface area (TPSA) is 125 Å². The number of nitrogens with zero attached hydrogens (tertiary/aromatic N) is 4. The Morgan fingerprint density at radius 1 is 1.22 bits per heavy atom. The van der Waals surface area contributed by atoms with E-state index in [1.165, 1.54) is 6.33 Å². The Morgan fingerprint density at radius 3 is 2.81 bits per heavy atom. The van der Waals surface area contributed by atoms with Crippen molar-refractivity contribution in [1.82, 2.24) is 19.5 Å². The second-order valence-electron chi connectivity index (χ2n) is 6.07. The van der Waals surface area contributed by atoms with Crippen molar-refractivity contribution < 1.29 is 9.84 Å². The highest BCUT2D eigenvalue weighted by molar-refractivity contribution is 6.42. The standard InChI is InChI=1S/C17H20Cl2N6O2/c18-12-3-4-13(27-5-1-2-10(20)7-26)11(14(12)19)6-25-9-24-15-16(21)22-8-23-17(15)25/h3-4,8-10,26H,1-2,5-7,20H2,(H2,21,22,23). The van der Waals surface area contributed by atoms with Gasteiger partial charge in [-0.3, -0.25) is 0 Å². The third-order valence-electron chi connectivity index (χ3n) is 4.12. The van der Waals surface area contributed by atoms with Gasteiger partial charge in [-0.1, -0.05) is 23.2 Å². The van der Waals surface area contributed by atoms with Gasteiger partial charge in [-0.15, -0.1) is 0 Å². The van der Waals surface area contributed by atoms with E-state index in [9.17, 15) is 0 Å². The van der Waals surface area contributed by atoms with Crippen molar-refractivity contribution in [1.29, 1.82) is 0 Å². The highest BCUT2D eigenvalue weighted by atomic mass is 35.5. The van der Waals surface area contributed by atoms with Gasteiger partial charge in [0.05, 0.1) is 36.1 Å². The zero-order chi connectivity index (χ0) is 19.4. The molecule has 0 amide bonds. The van der Waals surface area contributed by atoms with Crippen molar-refractivity contribution in [2.45, 2.75) is 25.4 Å². The van der Waals surface area contributed by atoms with E-state index in [4.69, 9.17) is 44.5 Å². The minimum Gasteiger partial charge on any atom is -0.493 e. The van der Waals surface area contributed by atoms with Crippen LogP contribution >= 0.6 is 23.2 Å². The van der Waals surface area contributed by atoms with Gasteiger partial charge in [-0.05, 0) is 25.0 Å². The Bertz CT molecular complexity index is 933. The zero-order valence-electron chi connectivity index (χ0n) is 14.5. The van der Waals surface area contributed by atoms with Gasteiger partial charge in [0.25, 0.3) is 0 Å². The normalized spacial score (nSPS) is 12.4. The fraction of sp³-hybridized carbons (Fsp3) is 0.353. The molecule has 144 valence electrons. The number of nitrogens with two attached hydrogens (primary N) is 2. The molecule has 27 heavy (non-hydrogen) atoms. The van der Waals surface area contributed by atoms with Crippen LogP contribution in [0.4, 0.5) is 5.82 Å². The lowest BCUT2D eigenvalue weighted by Crippen LogP contribution is -2.24. The van der Waals surface area contributed by atoms with Crippen LogP contribution in [0.2, 0.25) is 10.0 Å². The molecule has 2 aromatic heterocycles. The van der Waals surface area contributed by atoms with Crippen LogP contribution in [0.5, 0.6) is 5.75 Å². The smallest absolute Gasteiger partial charge is 0.165 e.